The summed E-state index contributed by atoms with van der Waals surface area (Å²) in [4.78, 5) is 0. The maximum atomic E-state index is 3.80. The topological polar surface area (TPSA) is 0 Å². The fourth-order valence-corrected chi connectivity index (χ4v) is 1.10. The highest BCUT2D eigenvalue weighted by molar-refractivity contribution is 4.90. The van der Waals surface area contributed by atoms with Crippen molar-refractivity contribution in [2.24, 2.45) is 11.8 Å². The van der Waals surface area contributed by atoms with Crippen LogP contribution in [-0.4, -0.2) is 0 Å². The van der Waals surface area contributed by atoms with Crippen LogP contribution < -0.4 is 0 Å². The summed E-state index contributed by atoms with van der Waals surface area (Å²) in [7, 11) is 0. The van der Waals surface area contributed by atoms with Crippen molar-refractivity contribution in [3.63, 3.8) is 0 Å². The van der Waals surface area contributed by atoms with E-state index in [9.17, 15) is 0 Å². The van der Waals surface area contributed by atoms with Gasteiger partial charge >= 0.3 is 0 Å². The summed E-state index contributed by atoms with van der Waals surface area (Å²) in [6.07, 6.45) is 6.50. The molecule has 0 N–H and O–H groups in total. The number of rotatable bonds is 5. The summed E-state index contributed by atoms with van der Waals surface area (Å²) in [5, 5.41) is 0. The zero-order valence-electron chi connectivity index (χ0n) is 7.14. The largest absolute Gasteiger partial charge is 0.103 e. The van der Waals surface area contributed by atoms with Gasteiger partial charge in [0.2, 0.25) is 0 Å². The van der Waals surface area contributed by atoms with Gasteiger partial charge in [0.05, 0.1) is 0 Å². The van der Waals surface area contributed by atoms with Crippen LogP contribution in [-0.2, 0) is 0 Å². The van der Waals surface area contributed by atoms with Crippen LogP contribution in [0.5, 0.6) is 0 Å². The first-order valence-electron chi connectivity index (χ1n) is 4.01. The molecule has 0 saturated carbocycles. The highest BCUT2D eigenvalue weighted by Gasteiger charge is 2.07. The van der Waals surface area contributed by atoms with Crippen molar-refractivity contribution in [3.8, 4) is 0 Å². The van der Waals surface area contributed by atoms with Gasteiger partial charge in [-0.3, -0.25) is 0 Å². The molecule has 0 heterocycles. The molecule has 58 valence electrons. The van der Waals surface area contributed by atoms with E-state index in [1.54, 1.807) is 0 Å². The molecule has 0 saturated heterocycles. The van der Waals surface area contributed by atoms with Gasteiger partial charge in [0, 0.05) is 0 Å². The van der Waals surface area contributed by atoms with E-state index in [-0.39, 0.29) is 0 Å². The van der Waals surface area contributed by atoms with Gasteiger partial charge in [0.15, 0.2) is 0 Å². The van der Waals surface area contributed by atoms with Crippen molar-refractivity contribution in [2.45, 2.75) is 26.7 Å². The van der Waals surface area contributed by atoms with Gasteiger partial charge in [-0.15, -0.1) is 13.2 Å². The molecule has 0 spiro atoms. The minimum atomic E-state index is 0.581. The zero-order valence-corrected chi connectivity index (χ0v) is 7.14. The fourth-order valence-electron chi connectivity index (χ4n) is 1.10. The molecule has 0 aliphatic heterocycles. The second-order valence-corrected chi connectivity index (χ2v) is 2.78. The van der Waals surface area contributed by atoms with Crippen LogP contribution in [0.1, 0.15) is 26.7 Å². The molecule has 2 atom stereocenters. The van der Waals surface area contributed by atoms with E-state index in [0.717, 1.165) is 0 Å². The molecule has 0 bridgehead atoms. The molecule has 0 aliphatic rings. The molecule has 0 nitrogen and oxygen atoms in total. The van der Waals surface area contributed by atoms with Crippen molar-refractivity contribution in [3.05, 3.63) is 25.3 Å². The SMILES string of the molecule is C=CC(C)C(C=C)CCC. The maximum absolute atomic E-state index is 3.80. The minimum Gasteiger partial charge on any atom is -0.103 e. The molecular formula is C10H18. The van der Waals surface area contributed by atoms with Gasteiger partial charge in [-0.2, -0.15) is 0 Å². The smallest absolute Gasteiger partial charge is 0.0176 e. The molecule has 0 fully saturated rings. The second kappa shape index (κ2) is 5.28. The third kappa shape index (κ3) is 2.86. The lowest BCUT2D eigenvalue weighted by atomic mass is 9.90. The first-order valence-corrected chi connectivity index (χ1v) is 4.01. The standard InChI is InChI=1S/C10H18/c1-5-8-10(7-3)9(4)6-2/h6-7,9-10H,2-3,5,8H2,1,4H3. The molecule has 0 aromatic carbocycles. The monoisotopic (exact) mass is 138 g/mol. The van der Waals surface area contributed by atoms with Crippen LogP contribution in [0.4, 0.5) is 0 Å². The summed E-state index contributed by atoms with van der Waals surface area (Å²) in [5.74, 6) is 1.21. The van der Waals surface area contributed by atoms with E-state index in [1.807, 2.05) is 12.2 Å². The quantitative estimate of drug-likeness (QED) is 0.511. The van der Waals surface area contributed by atoms with Crippen LogP contribution in [0.3, 0.4) is 0 Å². The summed E-state index contributed by atoms with van der Waals surface area (Å²) in [6, 6.07) is 0. The van der Waals surface area contributed by atoms with Crippen LogP contribution in [0.15, 0.2) is 25.3 Å². The number of hydrogen-bond acceptors (Lipinski definition) is 0. The van der Waals surface area contributed by atoms with Gasteiger partial charge in [0.1, 0.15) is 0 Å². The highest BCUT2D eigenvalue weighted by atomic mass is 14.1. The Kier molecular flexibility index (Phi) is 5.00. The van der Waals surface area contributed by atoms with Crippen molar-refractivity contribution in [1.29, 1.82) is 0 Å². The van der Waals surface area contributed by atoms with E-state index in [2.05, 4.69) is 27.0 Å². The summed E-state index contributed by atoms with van der Waals surface area (Å²) in [6.45, 7) is 12.0. The Morgan fingerprint density at radius 1 is 1.30 bits per heavy atom. The first kappa shape index (κ1) is 9.48. The lowest BCUT2D eigenvalue weighted by Gasteiger charge is -2.15. The van der Waals surface area contributed by atoms with Crippen LogP contribution >= 0.6 is 0 Å². The van der Waals surface area contributed by atoms with E-state index in [0.29, 0.717) is 11.8 Å². The van der Waals surface area contributed by atoms with Crippen molar-refractivity contribution in [2.75, 3.05) is 0 Å². The Morgan fingerprint density at radius 2 is 1.90 bits per heavy atom. The predicted molar refractivity (Wildman–Crippen MR) is 48.0 cm³/mol. The number of hydrogen-bond donors (Lipinski definition) is 0. The van der Waals surface area contributed by atoms with Crippen LogP contribution in [0, 0.1) is 11.8 Å². The summed E-state index contributed by atoms with van der Waals surface area (Å²) >= 11 is 0. The van der Waals surface area contributed by atoms with Gasteiger partial charge in [-0.05, 0) is 18.3 Å². The normalized spacial score (nSPS) is 15.8. The summed E-state index contributed by atoms with van der Waals surface area (Å²) < 4.78 is 0. The molecule has 0 amide bonds. The molecule has 0 heteroatoms. The molecule has 0 radical (unpaired) electrons. The lowest BCUT2D eigenvalue weighted by molar-refractivity contribution is 0.472. The number of allylic oxidation sites excluding steroid dienone is 2. The highest BCUT2D eigenvalue weighted by Crippen LogP contribution is 2.18. The van der Waals surface area contributed by atoms with E-state index >= 15 is 0 Å². The van der Waals surface area contributed by atoms with Crippen LogP contribution in [0.2, 0.25) is 0 Å². The molecule has 0 aliphatic carbocycles. The van der Waals surface area contributed by atoms with E-state index in [1.165, 1.54) is 12.8 Å². The van der Waals surface area contributed by atoms with Gasteiger partial charge < -0.3 is 0 Å². The Hall–Kier alpha value is -0.520. The Labute approximate surface area is 64.6 Å². The van der Waals surface area contributed by atoms with Crippen molar-refractivity contribution >= 4 is 0 Å². The van der Waals surface area contributed by atoms with Crippen molar-refractivity contribution < 1.29 is 0 Å². The molecule has 0 rings (SSSR count). The third-order valence-corrected chi connectivity index (χ3v) is 1.97. The zero-order chi connectivity index (χ0) is 7.98. The second-order valence-electron chi connectivity index (χ2n) is 2.78. The minimum absolute atomic E-state index is 0.581. The lowest BCUT2D eigenvalue weighted by Crippen LogP contribution is -2.05. The first-order chi connectivity index (χ1) is 4.76. The van der Waals surface area contributed by atoms with E-state index < -0.39 is 0 Å². The third-order valence-electron chi connectivity index (χ3n) is 1.97. The summed E-state index contributed by atoms with van der Waals surface area (Å²) in [5.41, 5.74) is 0. The molecule has 2 unspecified atom stereocenters. The molecule has 0 aromatic heterocycles. The van der Waals surface area contributed by atoms with Gasteiger partial charge in [0.25, 0.3) is 0 Å². The van der Waals surface area contributed by atoms with E-state index in [4.69, 9.17) is 0 Å². The average Bonchev–Trinajstić information content (AvgIpc) is 1.99. The molecular weight excluding hydrogens is 120 g/mol. The Bertz CT molecular complexity index is 103. The maximum Gasteiger partial charge on any atom is -0.0176 e. The Morgan fingerprint density at radius 3 is 2.20 bits per heavy atom. The predicted octanol–water partition coefficient (Wildman–Crippen LogP) is 3.41. The van der Waals surface area contributed by atoms with Gasteiger partial charge in [-0.25, -0.2) is 0 Å². The molecule has 10 heavy (non-hydrogen) atoms. The molecule has 0 aromatic rings. The fraction of sp³-hybridized carbons (Fsp3) is 0.600. The van der Waals surface area contributed by atoms with Crippen LogP contribution in [0.25, 0.3) is 0 Å². The average molecular weight is 138 g/mol. The van der Waals surface area contributed by atoms with Gasteiger partial charge in [-0.1, -0.05) is 32.4 Å². The van der Waals surface area contributed by atoms with Crippen molar-refractivity contribution in [1.82, 2.24) is 0 Å². The Balaban J connectivity index is 3.78.